The van der Waals surface area contributed by atoms with Crippen LogP contribution in [0.5, 0.6) is 0 Å². The van der Waals surface area contributed by atoms with E-state index in [-0.39, 0.29) is 0 Å². The van der Waals surface area contributed by atoms with E-state index in [1.165, 1.54) is 42.6 Å². The van der Waals surface area contributed by atoms with Gasteiger partial charge in [-0.2, -0.15) is 0 Å². The molecule has 3 nitrogen and oxygen atoms in total. The Balaban J connectivity index is 1.93. The van der Waals surface area contributed by atoms with Crippen molar-refractivity contribution in [3.63, 3.8) is 0 Å². The second-order valence-corrected chi connectivity index (χ2v) is 5.48. The summed E-state index contributed by atoms with van der Waals surface area (Å²) in [7, 11) is 0. The van der Waals surface area contributed by atoms with E-state index in [1.54, 1.807) is 0 Å². The lowest BCUT2D eigenvalue weighted by Gasteiger charge is -2.25. The molecule has 0 radical (unpaired) electrons. The first kappa shape index (κ1) is 11.1. The summed E-state index contributed by atoms with van der Waals surface area (Å²) >= 11 is 0. The molecule has 0 aromatic carbocycles. The molecule has 1 saturated carbocycles. The Morgan fingerprint density at radius 3 is 2.18 bits per heavy atom. The molecule has 0 bridgehead atoms. The highest BCUT2D eigenvalue weighted by molar-refractivity contribution is 5.30. The van der Waals surface area contributed by atoms with Crippen LogP contribution in [0.3, 0.4) is 0 Å². The van der Waals surface area contributed by atoms with Crippen LogP contribution >= 0.6 is 0 Å². The van der Waals surface area contributed by atoms with Crippen molar-refractivity contribution in [1.29, 1.82) is 0 Å². The van der Waals surface area contributed by atoms with Crippen molar-refractivity contribution in [2.24, 2.45) is 0 Å². The van der Waals surface area contributed by atoms with Crippen LogP contribution in [0.15, 0.2) is 0 Å². The fraction of sp³-hybridized carbons (Fsp3) is 0.714. The third kappa shape index (κ3) is 1.97. The van der Waals surface area contributed by atoms with E-state index >= 15 is 0 Å². The molecule has 1 N–H and O–H groups in total. The van der Waals surface area contributed by atoms with Gasteiger partial charge >= 0.3 is 0 Å². The number of hydrogen-bond donors (Lipinski definition) is 1. The van der Waals surface area contributed by atoms with Crippen molar-refractivity contribution in [3.05, 3.63) is 22.8 Å². The summed E-state index contributed by atoms with van der Waals surface area (Å²) in [5.41, 5.74) is 3.83. The zero-order valence-corrected chi connectivity index (χ0v) is 10.8. The minimum Gasteiger partial charge on any atom is -0.316 e. The van der Waals surface area contributed by atoms with E-state index < -0.39 is 0 Å². The lowest BCUT2D eigenvalue weighted by Crippen LogP contribution is -2.17. The predicted octanol–water partition coefficient (Wildman–Crippen LogP) is 2.44. The average molecular weight is 231 g/mol. The molecule has 1 unspecified atom stereocenters. The fourth-order valence-electron chi connectivity index (χ4n) is 3.09. The minimum atomic E-state index is 0.630. The van der Waals surface area contributed by atoms with Crippen molar-refractivity contribution >= 4 is 0 Å². The van der Waals surface area contributed by atoms with Crippen LogP contribution in [-0.2, 0) is 0 Å². The van der Waals surface area contributed by atoms with Crippen LogP contribution in [0.25, 0.3) is 0 Å². The van der Waals surface area contributed by atoms with Crippen LogP contribution in [-0.4, -0.2) is 23.1 Å². The number of rotatable bonds is 2. The molecule has 2 heterocycles. The summed E-state index contributed by atoms with van der Waals surface area (Å²) < 4.78 is 0. The second-order valence-electron chi connectivity index (χ2n) is 5.48. The van der Waals surface area contributed by atoms with Gasteiger partial charge in [-0.15, -0.1) is 0 Å². The topological polar surface area (TPSA) is 37.8 Å². The van der Waals surface area contributed by atoms with Crippen LogP contribution in [0.4, 0.5) is 0 Å². The lowest BCUT2D eigenvalue weighted by molar-refractivity contribution is 0.399. The fourth-order valence-corrected chi connectivity index (χ4v) is 3.09. The van der Waals surface area contributed by atoms with Crippen molar-refractivity contribution in [2.75, 3.05) is 13.1 Å². The van der Waals surface area contributed by atoms with Crippen molar-refractivity contribution in [2.45, 2.75) is 51.4 Å². The van der Waals surface area contributed by atoms with E-state index in [1.807, 2.05) is 0 Å². The quantitative estimate of drug-likeness (QED) is 0.849. The molecule has 3 heteroatoms. The first-order valence-corrected chi connectivity index (χ1v) is 6.81. The number of nitrogens with one attached hydrogen (secondary N) is 1. The Hall–Kier alpha value is -0.960. The van der Waals surface area contributed by atoms with E-state index in [9.17, 15) is 0 Å². The van der Waals surface area contributed by atoms with Gasteiger partial charge in [-0.25, -0.2) is 9.97 Å². The van der Waals surface area contributed by atoms with Crippen LogP contribution in [0, 0.1) is 13.8 Å². The van der Waals surface area contributed by atoms with Gasteiger partial charge in [-0.05, 0) is 45.2 Å². The Morgan fingerprint density at radius 1 is 1.00 bits per heavy atom. The molecular formula is C14H21N3. The largest absolute Gasteiger partial charge is 0.316 e. The molecule has 0 spiro atoms. The molecule has 17 heavy (non-hydrogen) atoms. The molecule has 1 atom stereocenters. The third-order valence-electron chi connectivity index (χ3n) is 4.28. The second kappa shape index (κ2) is 4.37. The van der Waals surface area contributed by atoms with E-state index in [2.05, 4.69) is 19.2 Å². The van der Waals surface area contributed by atoms with Gasteiger partial charge in [-0.3, -0.25) is 0 Å². The molecule has 1 aliphatic heterocycles. The molecule has 92 valence electrons. The van der Waals surface area contributed by atoms with E-state index in [0.717, 1.165) is 18.9 Å². The number of aryl methyl sites for hydroxylation is 2. The van der Waals surface area contributed by atoms with Crippen molar-refractivity contribution in [3.8, 4) is 0 Å². The highest BCUT2D eigenvalue weighted by Gasteiger charge is 2.26. The van der Waals surface area contributed by atoms with Crippen molar-refractivity contribution < 1.29 is 0 Å². The number of hydrogen-bond acceptors (Lipinski definition) is 3. The number of aromatic nitrogens is 2. The van der Waals surface area contributed by atoms with Crippen LogP contribution in [0.2, 0.25) is 0 Å². The predicted molar refractivity (Wildman–Crippen MR) is 68.3 cm³/mol. The molecular weight excluding hydrogens is 210 g/mol. The Labute approximate surface area is 103 Å². The van der Waals surface area contributed by atoms with Crippen LogP contribution < -0.4 is 5.32 Å². The number of nitrogens with zero attached hydrogens (tertiary/aromatic N) is 2. The molecule has 3 rings (SSSR count). The van der Waals surface area contributed by atoms with Gasteiger partial charge in [0, 0.05) is 29.8 Å². The summed E-state index contributed by atoms with van der Waals surface area (Å²) in [5.74, 6) is 2.37. The van der Waals surface area contributed by atoms with Gasteiger partial charge in [-0.1, -0.05) is 6.42 Å². The molecule has 2 fully saturated rings. The summed E-state index contributed by atoms with van der Waals surface area (Å²) in [4.78, 5) is 9.52. The summed E-state index contributed by atoms with van der Waals surface area (Å²) in [6.07, 6.45) is 5.14. The Kier molecular flexibility index (Phi) is 2.87. The zero-order chi connectivity index (χ0) is 11.8. The SMILES string of the molecule is Cc1nc(C2CCC2)nc(C)c1C1CCNC1. The lowest BCUT2D eigenvalue weighted by atomic mass is 9.84. The smallest absolute Gasteiger partial charge is 0.131 e. The van der Waals surface area contributed by atoms with Gasteiger partial charge in [0.2, 0.25) is 0 Å². The normalized spacial score (nSPS) is 24.9. The summed E-state index contributed by atoms with van der Waals surface area (Å²) in [6.45, 7) is 6.54. The molecule has 1 aliphatic carbocycles. The maximum absolute atomic E-state index is 4.76. The minimum absolute atomic E-state index is 0.630. The standard InChI is InChI=1S/C14H21N3/c1-9-13(12-6-7-15-8-12)10(2)17-14(16-9)11-4-3-5-11/h11-12,15H,3-8H2,1-2H3. The Bertz CT molecular complexity index is 394. The monoisotopic (exact) mass is 231 g/mol. The first-order chi connectivity index (χ1) is 8.25. The first-order valence-electron chi connectivity index (χ1n) is 6.81. The molecule has 0 amide bonds. The molecule has 2 aliphatic rings. The van der Waals surface area contributed by atoms with E-state index in [0.29, 0.717) is 11.8 Å². The maximum atomic E-state index is 4.76. The maximum Gasteiger partial charge on any atom is 0.131 e. The van der Waals surface area contributed by atoms with Crippen molar-refractivity contribution in [1.82, 2.24) is 15.3 Å². The third-order valence-corrected chi connectivity index (χ3v) is 4.28. The van der Waals surface area contributed by atoms with Crippen LogP contribution in [0.1, 0.15) is 60.3 Å². The highest BCUT2D eigenvalue weighted by atomic mass is 14.9. The van der Waals surface area contributed by atoms with E-state index in [4.69, 9.17) is 9.97 Å². The molecule has 1 saturated heterocycles. The van der Waals surface area contributed by atoms with Gasteiger partial charge in [0.1, 0.15) is 5.82 Å². The van der Waals surface area contributed by atoms with Gasteiger partial charge in [0.05, 0.1) is 0 Å². The molecule has 1 aromatic heterocycles. The average Bonchev–Trinajstić information content (AvgIpc) is 2.66. The Morgan fingerprint density at radius 2 is 1.71 bits per heavy atom. The molecule has 1 aromatic rings. The zero-order valence-electron chi connectivity index (χ0n) is 10.8. The van der Waals surface area contributed by atoms with Gasteiger partial charge in [0.25, 0.3) is 0 Å². The highest BCUT2D eigenvalue weighted by Crippen LogP contribution is 2.36. The van der Waals surface area contributed by atoms with Gasteiger partial charge < -0.3 is 5.32 Å². The van der Waals surface area contributed by atoms with Gasteiger partial charge in [0.15, 0.2) is 0 Å². The summed E-state index contributed by atoms with van der Waals surface area (Å²) in [6, 6.07) is 0. The summed E-state index contributed by atoms with van der Waals surface area (Å²) in [5, 5.41) is 3.43.